The average Bonchev–Trinajstić information content (AvgIpc) is 2.30. The van der Waals surface area contributed by atoms with Crippen LogP contribution in [0.3, 0.4) is 0 Å². The molecule has 2 saturated heterocycles. The van der Waals surface area contributed by atoms with Gasteiger partial charge in [-0.1, -0.05) is 13.8 Å². The van der Waals surface area contributed by atoms with Gasteiger partial charge in [0.25, 0.3) is 0 Å². The van der Waals surface area contributed by atoms with Gasteiger partial charge in [0.2, 0.25) is 0 Å². The third-order valence-electron chi connectivity index (χ3n) is 3.93. The summed E-state index contributed by atoms with van der Waals surface area (Å²) in [4.78, 5) is 2.67. The van der Waals surface area contributed by atoms with Crippen molar-refractivity contribution < 1.29 is 4.74 Å². The molecule has 0 aromatic carbocycles. The Kier molecular flexibility index (Phi) is 5.26. The van der Waals surface area contributed by atoms with E-state index in [0.717, 1.165) is 19.1 Å². The summed E-state index contributed by atoms with van der Waals surface area (Å²) in [5.41, 5.74) is 0. The van der Waals surface area contributed by atoms with Crippen LogP contribution >= 0.6 is 0 Å². The quantitative estimate of drug-likeness (QED) is 0.812. The van der Waals surface area contributed by atoms with E-state index in [-0.39, 0.29) is 0 Å². The maximum atomic E-state index is 5.43. The molecule has 17 heavy (non-hydrogen) atoms. The Morgan fingerprint density at radius 2 is 2.00 bits per heavy atom. The SMILES string of the molecule is CC(C)NC1CCCN(CC2CCOCC2)C1. The van der Waals surface area contributed by atoms with E-state index in [1.54, 1.807) is 0 Å². The summed E-state index contributed by atoms with van der Waals surface area (Å²) in [6.07, 6.45) is 5.23. The molecule has 3 nitrogen and oxygen atoms in total. The Morgan fingerprint density at radius 1 is 1.24 bits per heavy atom. The molecule has 1 atom stereocenters. The molecule has 0 aromatic rings. The number of ether oxygens (including phenoxy) is 1. The number of nitrogens with zero attached hydrogens (tertiary/aromatic N) is 1. The first-order chi connectivity index (χ1) is 8.24. The maximum Gasteiger partial charge on any atom is 0.0469 e. The van der Waals surface area contributed by atoms with Gasteiger partial charge >= 0.3 is 0 Å². The fourth-order valence-electron chi connectivity index (χ4n) is 3.12. The van der Waals surface area contributed by atoms with Crippen LogP contribution in [0, 0.1) is 5.92 Å². The molecule has 2 fully saturated rings. The maximum absolute atomic E-state index is 5.43. The summed E-state index contributed by atoms with van der Waals surface area (Å²) in [7, 11) is 0. The van der Waals surface area contributed by atoms with E-state index in [4.69, 9.17) is 4.74 Å². The minimum atomic E-state index is 0.614. The Bertz CT molecular complexity index is 214. The highest BCUT2D eigenvalue weighted by atomic mass is 16.5. The van der Waals surface area contributed by atoms with Gasteiger partial charge in [-0.2, -0.15) is 0 Å². The topological polar surface area (TPSA) is 24.5 Å². The van der Waals surface area contributed by atoms with E-state index < -0.39 is 0 Å². The molecule has 1 unspecified atom stereocenters. The van der Waals surface area contributed by atoms with Gasteiger partial charge in [-0.3, -0.25) is 0 Å². The predicted octanol–water partition coefficient (Wildman–Crippen LogP) is 1.88. The van der Waals surface area contributed by atoms with Crippen molar-refractivity contribution in [2.75, 3.05) is 32.8 Å². The van der Waals surface area contributed by atoms with E-state index in [0.29, 0.717) is 12.1 Å². The lowest BCUT2D eigenvalue weighted by atomic mass is 9.97. The Hall–Kier alpha value is -0.120. The summed E-state index contributed by atoms with van der Waals surface area (Å²) in [6, 6.07) is 1.33. The van der Waals surface area contributed by atoms with Crippen molar-refractivity contribution in [2.24, 2.45) is 5.92 Å². The molecule has 2 aliphatic heterocycles. The Morgan fingerprint density at radius 3 is 2.71 bits per heavy atom. The fourth-order valence-corrected chi connectivity index (χ4v) is 3.12. The second-order valence-corrected chi connectivity index (χ2v) is 5.98. The highest BCUT2D eigenvalue weighted by molar-refractivity contribution is 4.81. The molecule has 0 amide bonds. The molecule has 2 heterocycles. The van der Waals surface area contributed by atoms with Gasteiger partial charge in [-0.05, 0) is 38.1 Å². The summed E-state index contributed by atoms with van der Waals surface area (Å²) in [5, 5.41) is 3.68. The number of rotatable bonds is 4. The van der Waals surface area contributed by atoms with E-state index in [9.17, 15) is 0 Å². The van der Waals surface area contributed by atoms with Crippen LogP contribution in [0.1, 0.15) is 39.5 Å². The molecule has 3 heteroatoms. The molecule has 2 aliphatic rings. The van der Waals surface area contributed by atoms with E-state index in [1.807, 2.05) is 0 Å². The van der Waals surface area contributed by atoms with E-state index >= 15 is 0 Å². The van der Waals surface area contributed by atoms with Crippen molar-refractivity contribution in [3.63, 3.8) is 0 Å². The zero-order valence-corrected chi connectivity index (χ0v) is 11.5. The summed E-state index contributed by atoms with van der Waals surface area (Å²) < 4.78 is 5.43. The van der Waals surface area contributed by atoms with Gasteiger partial charge in [0.1, 0.15) is 0 Å². The smallest absolute Gasteiger partial charge is 0.0469 e. The minimum Gasteiger partial charge on any atom is -0.381 e. The lowest BCUT2D eigenvalue weighted by Gasteiger charge is -2.37. The van der Waals surface area contributed by atoms with Gasteiger partial charge in [0.05, 0.1) is 0 Å². The normalized spacial score (nSPS) is 28.8. The molecular weight excluding hydrogens is 212 g/mol. The van der Waals surface area contributed by atoms with Crippen molar-refractivity contribution in [1.29, 1.82) is 0 Å². The van der Waals surface area contributed by atoms with Crippen molar-refractivity contribution >= 4 is 0 Å². The van der Waals surface area contributed by atoms with Crippen LogP contribution in [0.2, 0.25) is 0 Å². The molecule has 0 saturated carbocycles. The van der Waals surface area contributed by atoms with Crippen molar-refractivity contribution in [1.82, 2.24) is 10.2 Å². The van der Waals surface area contributed by atoms with Gasteiger partial charge in [0.15, 0.2) is 0 Å². The molecule has 0 bridgehead atoms. The van der Waals surface area contributed by atoms with Crippen LogP contribution in [-0.2, 0) is 4.74 Å². The van der Waals surface area contributed by atoms with Crippen LogP contribution in [0.25, 0.3) is 0 Å². The molecule has 0 aromatic heterocycles. The van der Waals surface area contributed by atoms with Crippen LogP contribution < -0.4 is 5.32 Å². The number of hydrogen-bond donors (Lipinski definition) is 1. The largest absolute Gasteiger partial charge is 0.381 e. The van der Waals surface area contributed by atoms with E-state index in [1.165, 1.54) is 45.3 Å². The highest BCUT2D eigenvalue weighted by Crippen LogP contribution is 2.19. The van der Waals surface area contributed by atoms with Crippen LogP contribution in [0.5, 0.6) is 0 Å². The van der Waals surface area contributed by atoms with Gasteiger partial charge in [-0.15, -0.1) is 0 Å². The first-order valence-corrected chi connectivity index (χ1v) is 7.30. The average molecular weight is 240 g/mol. The third-order valence-corrected chi connectivity index (χ3v) is 3.93. The van der Waals surface area contributed by atoms with Crippen molar-refractivity contribution in [3.05, 3.63) is 0 Å². The Labute approximate surface area is 106 Å². The first-order valence-electron chi connectivity index (χ1n) is 7.30. The second-order valence-electron chi connectivity index (χ2n) is 5.98. The van der Waals surface area contributed by atoms with Crippen molar-refractivity contribution in [2.45, 2.75) is 51.6 Å². The monoisotopic (exact) mass is 240 g/mol. The predicted molar refractivity (Wildman–Crippen MR) is 71.3 cm³/mol. The third kappa shape index (κ3) is 4.57. The highest BCUT2D eigenvalue weighted by Gasteiger charge is 2.23. The molecule has 100 valence electrons. The summed E-state index contributed by atoms with van der Waals surface area (Å²) in [5.74, 6) is 0.876. The lowest BCUT2D eigenvalue weighted by Crippen LogP contribution is -2.49. The standard InChI is InChI=1S/C14H28N2O/c1-12(2)15-14-4-3-7-16(11-14)10-13-5-8-17-9-6-13/h12-15H,3-11H2,1-2H3. The molecule has 0 spiro atoms. The van der Waals surface area contributed by atoms with E-state index in [2.05, 4.69) is 24.1 Å². The van der Waals surface area contributed by atoms with Crippen LogP contribution in [0.4, 0.5) is 0 Å². The summed E-state index contributed by atoms with van der Waals surface area (Å²) in [6.45, 7) is 10.3. The zero-order chi connectivity index (χ0) is 12.1. The second kappa shape index (κ2) is 6.72. The molecular formula is C14H28N2O. The number of nitrogens with one attached hydrogen (secondary N) is 1. The number of likely N-dealkylation sites (tertiary alicyclic amines) is 1. The molecule has 0 aliphatic carbocycles. The molecule has 1 N–H and O–H groups in total. The fraction of sp³-hybridized carbons (Fsp3) is 1.00. The number of hydrogen-bond acceptors (Lipinski definition) is 3. The Balaban J connectivity index is 1.72. The van der Waals surface area contributed by atoms with Crippen LogP contribution in [0.15, 0.2) is 0 Å². The minimum absolute atomic E-state index is 0.614. The van der Waals surface area contributed by atoms with Crippen molar-refractivity contribution in [3.8, 4) is 0 Å². The zero-order valence-electron chi connectivity index (χ0n) is 11.5. The van der Waals surface area contributed by atoms with Gasteiger partial charge in [-0.25, -0.2) is 0 Å². The van der Waals surface area contributed by atoms with Gasteiger partial charge < -0.3 is 15.0 Å². The number of piperidine rings is 1. The van der Waals surface area contributed by atoms with Crippen LogP contribution in [-0.4, -0.2) is 49.8 Å². The summed E-state index contributed by atoms with van der Waals surface area (Å²) >= 11 is 0. The molecule has 2 rings (SSSR count). The lowest BCUT2D eigenvalue weighted by molar-refractivity contribution is 0.0470. The molecule has 0 radical (unpaired) electrons. The first kappa shape index (κ1) is 13.3. The van der Waals surface area contributed by atoms with Gasteiger partial charge in [0, 0.05) is 38.4 Å².